The van der Waals surface area contributed by atoms with Crippen molar-refractivity contribution in [3.63, 3.8) is 0 Å². The van der Waals surface area contributed by atoms with Crippen LogP contribution >= 0.6 is 15.9 Å². The number of likely N-dealkylation sites (N-methyl/N-ethyl adjacent to an activating group) is 1. The molecule has 0 aromatic heterocycles. The highest BCUT2D eigenvalue weighted by molar-refractivity contribution is 9.09. The number of primary amides is 1. The highest BCUT2D eigenvalue weighted by atomic mass is 79.9. The van der Waals surface area contributed by atoms with Crippen molar-refractivity contribution in [1.29, 1.82) is 0 Å². The Hall–Kier alpha value is -0.580. The molecule has 2 N–H and O–H groups in total. The lowest BCUT2D eigenvalue weighted by atomic mass is 10.2. The molecule has 0 unspecified atom stereocenters. The van der Waals surface area contributed by atoms with Gasteiger partial charge in [0.15, 0.2) is 0 Å². The van der Waals surface area contributed by atoms with Gasteiger partial charge in [0, 0.05) is 18.3 Å². The van der Waals surface area contributed by atoms with Gasteiger partial charge in [0.05, 0.1) is 6.54 Å². The fourth-order valence-corrected chi connectivity index (χ4v) is 1.49. The Balaban J connectivity index is 3.85. The molecule has 0 aromatic rings. The van der Waals surface area contributed by atoms with Crippen LogP contribution in [0.5, 0.6) is 0 Å². The van der Waals surface area contributed by atoms with E-state index in [9.17, 15) is 9.59 Å². The molecule has 0 spiro atoms. The Kier molecular flexibility index (Phi) is 7.47. The van der Waals surface area contributed by atoms with Gasteiger partial charge in [0.1, 0.15) is 0 Å². The monoisotopic (exact) mass is 264 g/mol. The summed E-state index contributed by atoms with van der Waals surface area (Å²) in [6.45, 7) is 2.41. The van der Waals surface area contributed by atoms with Gasteiger partial charge in [-0.05, 0) is 19.8 Å². The van der Waals surface area contributed by atoms with Gasteiger partial charge in [-0.15, -0.1) is 0 Å². The Morgan fingerprint density at radius 1 is 1.36 bits per heavy atom. The third-order valence-corrected chi connectivity index (χ3v) is 2.42. The van der Waals surface area contributed by atoms with Gasteiger partial charge in [-0.2, -0.15) is 0 Å². The van der Waals surface area contributed by atoms with E-state index >= 15 is 0 Å². The Labute approximate surface area is 92.9 Å². The van der Waals surface area contributed by atoms with E-state index < -0.39 is 5.91 Å². The summed E-state index contributed by atoms with van der Waals surface area (Å²) in [5.41, 5.74) is 5.02. The van der Waals surface area contributed by atoms with Crippen molar-refractivity contribution in [2.75, 3.05) is 18.4 Å². The minimum absolute atomic E-state index is 0.00671. The maximum absolute atomic E-state index is 11.5. The third kappa shape index (κ3) is 5.96. The highest BCUT2D eigenvalue weighted by Gasteiger charge is 2.12. The van der Waals surface area contributed by atoms with E-state index in [0.29, 0.717) is 13.0 Å². The molecule has 0 rings (SSSR count). The van der Waals surface area contributed by atoms with Gasteiger partial charge in [0.2, 0.25) is 11.8 Å². The smallest absolute Gasteiger partial charge is 0.237 e. The van der Waals surface area contributed by atoms with Crippen molar-refractivity contribution in [2.45, 2.75) is 26.2 Å². The summed E-state index contributed by atoms with van der Waals surface area (Å²) in [5, 5.41) is 0.905. The molecule has 2 amide bonds. The first kappa shape index (κ1) is 13.4. The molecular formula is C9H17BrN2O2. The second-order valence-electron chi connectivity index (χ2n) is 3.02. The highest BCUT2D eigenvalue weighted by Crippen LogP contribution is 2.02. The summed E-state index contributed by atoms with van der Waals surface area (Å²) in [6, 6.07) is 0. The van der Waals surface area contributed by atoms with Crippen molar-refractivity contribution in [3.05, 3.63) is 0 Å². The van der Waals surface area contributed by atoms with Crippen LogP contribution in [0.4, 0.5) is 0 Å². The summed E-state index contributed by atoms with van der Waals surface area (Å²) < 4.78 is 0. The Bertz CT molecular complexity index is 197. The van der Waals surface area contributed by atoms with E-state index in [2.05, 4.69) is 15.9 Å². The molecule has 82 valence electrons. The van der Waals surface area contributed by atoms with E-state index in [1.165, 1.54) is 4.90 Å². The molecule has 4 nitrogen and oxygen atoms in total. The lowest BCUT2D eigenvalue weighted by Gasteiger charge is -2.18. The summed E-state index contributed by atoms with van der Waals surface area (Å²) in [7, 11) is 0. The fraction of sp³-hybridized carbons (Fsp3) is 0.778. The molecule has 0 bridgehead atoms. The number of halogens is 1. The van der Waals surface area contributed by atoms with E-state index in [4.69, 9.17) is 5.73 Å². The van der Waals surface area contributed by atoms with Crippen LogP contribution in [0.15, 0.2) is 0 Å². The normalized spacial score (nSPS) is 9.86. The number of nitrogens with zero attached hydrogens (tertiary/aromatic N) is 1. The minimum Gasteiger partial charge on any atom is -0.368 e. The summed E-state index contributed by atoms with van der Waals surface area (Å²) in [4.78, 5) is 23.6. The first-order valence-corrected chi connectivity index (χ1v) is 5.86. The molecule has 0 saturated heterocycles. The molecule has 0 aliphatic rings. The van der Waals surface area contributed by atoms with E-state index in [0.717, 1.165) is 18.2 Å². The van der Waals surface area contributed by atoms with Gasteiger partial charge in [-0.3, -0.25) is 9.59 Å². The molecule has 0 aliphatic heterocycles. The first-order chi connectivity index (χ1) is 6.61. The molecule has 0 aliphatic carbocycles. The van der Waals surface area contributed by atoms with Gasteiger partial charge < -0.3 is 10.6 Å². The number of nitrogens with two attached hydrogens (primary N) is 1. The molecule has 0 radical (unpaired) electrons. The lowest BCUT2D eigenvalue weighted by molar-refractivity contribution is -0.135. The van der Waals surface area contributed by atoms with Crippen molar-refractivity contribution < 1.29 is 9.59 Å². The van der Waals surface area contributed by atoms with Crippen LogP contribution in [0.3, 0.4) is 0 Å². The van der Waals surface area contributed by atoms with Gasteiger partial charge in [-0.1, -0.05) is 15.9 Å². The molecule has 0 heterocycles. The number of hydrogen-bond acceptors (Lipinski definition) is 2. The number of carbonyl (C=O) groups is 2. The van der Waals surface area contributed by atoms with Crippen molar-refractivity contribution in [1.82, 2.24) is 4.90 Å². The van der Waals surface area contributed by atoms with Gasteiger partial charge in [0.25, 0.3) is 0 Å². The average Bonchev–Trinajstić information content (AvgIpc) is 2.14. The Morgan fingerprint density at radius 2 is 2.00 bits per heavy atom. The summed E-state index contributed by atoms with van der Waals surface area (Å²) in [5.74, 6) is -0.451. The van der Waals surface area contributed by atoms with Crippen LogP contribution in [-0.4, -0.2) is 35.1 Å². The molecule has 5 heteroatoms. The van der Waals surface area contributed by atoms with Crippen LogP contribution in [0, 0.1) is 0 Å². The molecular weight excluding hydrogens is 248 g/mol. The van der Waals surface area contributed by atoms with Crippen LogP contribution in [-0.2, 0) is 9.59 Å². The third-order valence-electron chi connectivity index (χ3n) is 1.86. The van der Waals surface area contributed by atoms with Crippen LogP contribution in [0.2, 0.25) is 0 Å². The van der Waals surface area contributed by atoms with Crippen LogP contribution < -0.4 is 5.73 Å². The van der Waals surface area contributed by atoms with Gasteiger partial charge >= 0.3 is 0 Å². The Morgan fingerprint density at radius 3 is 2.43 bits per heavy atom. The number of amides is 2. The molecule has 0 saturated carbocycles. The molecule has 14 heavy (non-hydrogen) atoms. The first-order valence-electron chi connectivity index (χ1n) is 4.73. The predicted molar refractivity (Wildman–Crippen MR) is 59.1 cm³/mol. The van der Waals surface area contributed by atoms with Crippen molar-refractivity contribution in [2.24, 2.45) is 5.73 Å². The maximum atomic E-state index is 11.5. The van der Waals surface area contributed by atoms with E-state index in [1.807, 2.05) is 6.92 Å². The second kappa shape index (κ2) is 7.79. The molecule has 0 aromatic carbocycles. The summed E-state index contributed by atoms with van der Waals surface area (Å²) >= 11 is 3.29. The van der Waals surface area contributed by atoms with Crippen LogP contribution in [0.25, 0.3) is 0 Å². The van der Waals surface area contributed by atoms with E-state index in [-0.39, 0.29) is 12.5 Å². The second-order valence-corrected chi connectivity index (χ2v) is 3.81. The van der Waals surface area contributed by atoms with Crippen molar-refractivity contribution in [3.8, 4) is 0 Å². The number of unbranched alkanes of at least 4 members (excludes halogenated alkanes) is 1. The number of hydrogen-bond donors (Lipinski definition) is 1. The van der Waals surface area contributed by atoms with Crippen LogP contribution in [0.1, 0.15) is 26.2 Å². The standard InChI is InChI=1S/C9H17BrN2O2/c1-2-12(7-8(11)13)9(14)5-3-4-6-10/h2-7H2,1H3,(H2,11,13). The number of rotatable bonds is 7. The SMILES string of the molecule is CCN(CC(N)=O)C(=O)CCCCBr. The zero-order chi connectivity index (χ0) is 11.0. The topological polar surface area (TPSA) is 63.4 Å². The largest absolute Gasteiger partial charge is 0.368 e. The molecule has 0 fully saturated rings. The van der Waals surface area contributed by atoms with E-state index in [1.54, 1.807) is 0 Å². The number of carbonyl (C=O) groups excluding carboxylic acids is 2. The van der Waals surface area contributed by atoms with Crippen molar-refractivity contribution >= 4 is 27.7 Å². The number of alkyl halides is 1. The van der Waals surface area contributed by atoms with Gasteiger partial charge in [-0.25, -0.2) is 0 Å². The zero-order valence-electron chi connectivity index (χ0n) is 8.46. The quantitative estimate of drug-likeness (QED) is 0.548. The summed E-state index contributed by atoms with van der Waals surface area (Å²) in [6.07, 6.45) is 2.31. The maximum Gasteiger partial charge on any atom is 0.237 e. The zero-order valence-corrected chi connectivity index (χ0v) is 10.0. The predicted octanol–water partition coefficient (Wildman–Crippen LogP) is 0.885. The minimum atomic E-state index is -0.458. The average molecular weight is 265 g/mol. The fourth-order valence-electron chi connectivity index (χ4n) is 1.09. The lowest BCUT2D eigenvalue weighted by Crippen LogP contribution is -2.38. The molecule has 0 atom stereocenters.